The van der Waals surface area contributed by atoms with E-state index < -0.39 is 0 Å². The third kappa shape index (κ3) is 3.39. The third-order valence-corrected chi connectivity index (χ3v) is 4.26. The SMILES string of the molecule is CC(C)OC(=O)C1=CNCC(C)(C)c2c1[nH]c1ccc(OCCO)nc21. The van der Waals surface area contributed by atoms with Crippen LogP contribution in [0.25, 0.3) is 16.6 Å². The zero-order chi connectivity index (χ0) is 18.9. The topological polar surface area (TPSA) is 96.5 Å². The summed E-state index contributed by atoms with van der Waals surface area (Å²) in [6.45, 7) is 8.60. The van der Waals surface area contributed by atoms with E-state index in [4.69, 9.17) is 14.6 Å². The Morgan fingerprint density at radius 3 is 2.85 bits per heavy atom. The summed E-state index contributed by atoms with van der Waals surface area (Å²) in [7, 11) is 0. The Morgan fingerprint density at radius 1 is 1.38 bits per heavy atom. The molecule has 3 heterocycles. The lowest BCUT2D eigenvalue weighted by Crippen LogP contribution is -2.29. The van der Waals surface area contributed by atoms with Gasteiger partial charge in [-0.15, -0.1) is 0 Å². The van der Waals surface area contributed by atoms with Gasteiger partial charge in [0.2, 0.25) is 5.88 Å². The summed E-state index contributed by atoms with van der Waals surface area (Å²) in [4.78, 5) is 20.5. The molecule has 0 saturated carbocycles. The molecule has 0 fully saturated rings. The van der Waals surface area contributed by atoms with Gasteiger partial charge in [0.15, 0.2) is 0 Å². The summed E-state index contributed by atoms with van der Waals surface area (Å²) in [5, 5.41) is 12.2. The number of aliphatic hydroxyl groups is 1. The maximum atomic E-state index is 12.6. The number of ether oxygens (including phenoxy) is 2. The van der Waals surface area contributed by atoms with Crippen LogP contribution in [0.15, 0.2) is 18.3 Å². The highest BCUT2D eigenvalue weighted by molar-refractivity contribution is 6.17. The van der Waals surface area contributed by atoms with Crippen LogP contribution in [0.4, 0.5) is 0 Å². The van der Waals surface area contributed by atoms with E-state index in [1.54, 1.807) is 12.3 Å². The second kappa shape index (κ2) is 6.99. The molecule has 3 rings (SSSR count). The molecule has 0 atom stereocenters. The Hall–Kier alpha value is -2.54. The van der Waals surface area contributed by atoms with Crippen molar-refractivity contribution in [1.82, 2.24) is 15.3 Å². The molecule has 26 heavy (non-hydrogen) atoms. The van der Waals surface area contributed by atoms with E-state index in [1.165, 1.54) is 0 Å². The molecule has 0 spiro atoms. The maximum absolute atomic E-state index is 12.6. The number of H-pyrrole nitrogens is 1. The number of rotatable bonds is 5. The van der Waals surface area contributed by atoms with Crippen molar-refractivity contribution in [1.29, 1.82) is 0 Å². The molecule has 7 heteroatoms. The van der Waals surface area contributed by atoms with Crippen molar-refractivity contribution in [2.24, 2.45) is 0 Å². The van der Waals surface area contributed by atoms with E-state index in [0.29, 0.717) is 23.7 Å². The first-order valence-electron chi connectivity index (χ1n) is 8.75. The zero-order valence-electron chi connectivity index (χ0n) is 15.5. The Balaban J connectivity index is 2.14. The van der Waals surface area contributed by atoms with Crippen LogP contribution < -0.4 is 10.1 Å². The van der Waals surface area contributed by atoms with Gasteiger partial charge in [-0.1, -0.05) is 13.8 Å². The molecule has 0 aliphatic carbocycles. The first-order valence-corrected chi connectivity index (χ1v) is 8.75. The fraction of sp³-hybridized carbons (Fsp3) is 0.474. The van der Waals surface area contributed by atoms with Crippen LogP contribution in [0.2, 0.25) is 0 Å². The van der Waals surface area contributed by atoms with E-state index in [2.05, 4.69) is 29.1 Å². The van der Waals surface area contributed by atoms with Crippen LogP contribution in [0, 0.1) is 0 Å². The summed E-state index contributed by atoms with van der Waals surface area (Å²) in [5.41, 5.74) is 3.42. The smallest absolute Gasteiger partial charge is 0.342 e. The molecule has 0 bridgehead atoms. The number of hydrogen-bond donors (Lipinski definition) is 3. The number of aliphatic hydroxyl groups excluding tert-OH is 1. The molecule has 1 aliphatic heterocycles. The molecule has 3 N–H and O–H groups in total. The van der Waals surface area contributed by atoms with Crippen LogP contribution in [0.5, 0.6) is 5.88 Å². The summed E-state index contributed by atoms with van der Waals surface area (Å²) in [5.74, 6) is 0.0615. The number of pyridine rings is 1. The largest absolute Gasteiger partial charge is 0.475 e. The van der Waals surface area contributed by atoms with Gasteiger partial charge in [-0.2, -0.15) is 0 Å². The van der Waals surface area contributed by atoms with Crippen LogP contribution in [-0.2, 0) is 14.9 Å². The lowest BCUT2D eigenvalue weighted by Gasteiger charge is -2.23. The van der Waals surface area contributed by atoms with Gasteiger partial charge in [-0.3, -0.25) is 0 Å². The maximum Gasteiger partial charge on any atom is 0.342 e. The second-order valence-corrected chi connectivity index (χ2v) is 7.27. The van der Waals surface area contributed by atoms with E-state index >= 15 is 0 Å². The third-order valence-electron chi connectivity index (χ3n) is 4.26. The van der Waals surface area contributed by atoms with Crippen molar-refractivity contribution >= 4 is 22.6 Å². The normalized spacial score (nSPS) is 15.8. The van der Waals surface area contributed by atoms with Crippen molar-refractivity contribution < 1.29 is 19.4 Å². The molecule has 2 aromatic rings. The number of hydrogen-bond acceptors (Lipinski definition) is 6. The highest BCUT2D eigenvalue weighted by Crippen LogP contribution is 2.38. The Morgan fingerprint density at radius 2 is 2.15 bits per heavy atom. The number of esters is 1. The predicted molar refractivity (Wildman–Crippen MR) is 98.9 cm³/mol. The number of fused-ring (bicyclic) bond motifs is 3. The summed E-state index contributed by atoms with van der Waals surface area (Å²) >= 11 is 0. The number of aromatic amines is 1. The molecule has 7 nitrogen and oxygen atoms in total. The molecular weight excluding hydrogens is 334 g/mol. The van der Waals surface area contributed by atoms with Crippen molar-refractivity contribution in [3.63, 3.8) is 0 Å². The Labute approximate surface area is 152 Å². The van der Waals surface area contributed by atoms with E-state index in [0.717, 1.165) is 16.6 Å². The lowest BCUT2D eigenvalue weighted by molar-refractivity contribution is -0.140. The average Bonchev–Trinajstić information content (AvgIpc) is 2.88. The zero-order valence-corrected chi connectivity index (χ0v) is 15.5. The van der Waals surface area contributed by atoms with Gasteiger partial charge in [0, 0.05) is 29.8 Å². The summed E-state index contributed by atoms with van der Waals surface area (Å²) < 4.78 is 10.9. The molecular formula is C19H25N3O4. The number of carbonyl (C=O) groups excluding carboxylic acids is 1. The van der Waals surface area contributed by atoms with Crippen LogP contribution in [0.1, 0.15) is 39.0 Å². The number of nitrogens with zero attached hydrogens (tertiary/aromatic N) is 1. The average molecular weight is 359 g/mol. The minimum absolute atomic E-state index is 0.0751. The van der Waals surface area contributed by atoms with Crippen molar-refractivity contribution in [3.8, 4) is 5.88 Å². The second-order valence-electron chi connectivity index (χ2n) is 7.27. The van der Waals surface area contributed by atoms with Gasteiger partial charge in [-0.25, -0.2) is 9.78 Å². The highest BCUT2D eigenvalue weighted by Gasteiger charge is 2.34. The monoisotopic (exact) mass is 359 g/mol. The quantitative estimate of drug-likeness (QED) is 0.708. The van der Waals surface area contributed by atoms with Gasteiger partial charge < -0.3 is 24.9 Å². The van der Waals surface area contributed by atoms with E-state index in [9.17, 15) is 4.79 Å². The number of aromatic nitrogens is 2. The van der Waals surface area contributed by atoms with Crippen molar-refractivity contribution in [2.45, 2.75) is 39.2 Å². The fourth-order valence-electron chi connectivity index (χ4n) is 3.15. The highest BCUT2D eigenvalue weighted by atomic mass is 16.5. The van der Waals surface area contributed by atoms with E-state index in [-0.39, 0.29) is 30.7 Å². The molecule has 0 saturated heterocycles. The number of carbonyl (C=O) groups is 1. The van der Waals surface area contributed by atoms with Crippen molar-refractivity contribution in [3.05, 3.63) is 29.6 Å². The van der Waals surface area contributed by atoms with Gasteiger partial charge >= 0.3 is 5.97 Å². The minimum atomic E-state index is -0.380. The molecule has 0 radical (unpaired) electrons. The van der Waals surface area contributed by atoms with Crippen LogP contribution in [0.3, 0.4) is 0 Å². The van der Waals surface area contributed by atoms with Crippen LogP contribution >= 0.6 is 0 Å². The summed E-state index contributed by atoms with van der Waals surface area (Å²) in [6, 6.07) is 3.62. The lowest BCUT2D eigenvalue weighted by atomic mass is 9.83. The Kier molecular flexibility index (Phi) is 4.91. The van der Waals surface area contributed by atoms with Crippen LogP contribution in [-0.4, -0.2) is 46.9 Å². The first kappa shape index (κ1) is 18.3. The van der Waals surface area contributed by atoms with Crippen molar-refractivity contribution in [2.75, 3.05) is 19.8 Å². The molecule has 1 aliphatic rings. The Bertz CT molecular complexity index is 852. The van der Waals surface area contributed by atoms with Gasteiger partial charge in [-0.05, 0) is 19.9 Å². The first-order chi connectivity index (χ1) is 12.3. The molecule has 2 aromatic heterocycles. The predicted octanol–water partition coefficient (Wildman–Crippen LogP) is 2.11. The fourth-order valence-corrected chi connectivity index (χ4v) is 3.15. The minimum Gasteiger partial charge on any atom is -0.475 e. The molecule has 0 aromatic carbocycles. The summed E-state index contributed by atoms with van der Waals surface area (Å²) in [6.07, 6.45) is 1.50. The van der Waals surface area contributed by atoms with E-state index in [1.807, 2.05) is 19.9 Å². The molecule has 0 amide bonds. The van der Waals surface area contributed by atoms with Gasteiger partial charge in [0.05, 0.1) is 35.0 Å². The van der Waals surface area contributed by atoms with Gasteiger partial charge in [0.25, 0.3) is 0 Å². The molecule has 140 valence electrons. The van der Waals surface area contributed by atoms with Gasteiger partial charge in [0.1, 0.15) is 6.61 Å². The molecule has 0 unspecified atom stereocenters. The standard InChI is InChI=1S/C19H25N3O4/c1-11(2)26-18(24)12-9-20-10-19(3,4)15-16(12)21-13-5-6-14(22-17(13)15)25-8-7-23/h5-6,9,11,20-21,23H,7-8,10H2,1-4H3. The number of nitrogens with one attached hydrogen (secondary N) is 2.